The first-order valence-electron chi connectivity index (χ1n) is 5.38. The van der Waals surface area contributed by atoms with Gasteiger partial charge in [0, 0.05) is 0 Å². The topological polar surface area (TPSA) is 73.2 Å². The Bertz CT molecular complexity index is 684. The van der Waals surface area contributed by atoms with Crippen LogP contribution in [0, 0.1) is 0 Å². The first-order valence-corrected chi connectivity index (χ1v) is 5.76. The number of nitrogens with two attached hydrogens (primary N) is 1. The lowest BCUT2D eigenvalue weighted by molar-refractivity contribution is -0.140. The summed E-state index contributed by atoms with van der Waals surface area (Å²) in [6, 6.07) is 2.70. The van der Waals surface area contributed by atoms with Crippen LogP contribution in [0.5, 0.6) is 11.5 Å². The van der Waals surface area contributed by atoms with E-state index in [0.29, 0.717) is 5.75 Å². The molecule has 20 heavy (non-hydrogen) atoms. The maximum absolute atomic E-state index is 12.9. The third-order valence-corrected chi connectivity index (χ3v) is 3.07. The summed E-state index contributed by atoms with van der Waals surface area (Å²) in [5, 5.41) is 5.43. The van der Waals surface area contributed by atoms with Gasteiger partial charge in [0.1, 0.15) is 5.69 Å². The van der Waals surface area contributed by atoms with E-state index < -0.39 is 11.9 Å². The first-order chi connectivity index (χ1) is 9.38. The molecule has 0 bridgehead atoms. The van der Waals surface area contributed by atoms with Crippen LogP contribution in [0.15, 0.2) is 12.1 Å². The number of alkyl halides is 3. The van der Waals surface area contributed by atoms with Gasteiger partial charge in [-0.2, -0.15) is 18.3 Å². The van der Waals surface area contributed by atoms with Gasteiger partial charge in [-0.25, -0.2) is 0 Å². The van der Waals surface area contributed by atoms with Gasteiger partial charge in [0.15, 0.2) is 17.3 Å². The van der Waals surface area contributed by atoms with E-state index in [-0.39, 0.29) is 34.5 Å². The van der Waals surface area contributed by atoms with E-state index in [1.165, 1.54) is 12.1 Å². The van der Waals surface area contributed by atoms with Gasteiger partial charge in [0.25, 0.3) is 0 Å². The van der Waals surface area contributed by atoms with E-state index in [0.717, 1.165) is 0 Å². The summed E-state index contributed by atoms with van der Waals surface area (Å²) in [6.45, 7) is -0.0362. The number of ether oxygens (including phenoxy) is 2. The lowest BCUT2D eigenvalue weighted by Gasteiger charge is -2.09. The zero-order valence-corrected chi connectivity index (χ0v) is 10.5. The monoisotopic (exact) mass is 305 g/mol. The van der Waals surface area contributed by atoms with Crippen molar-refractivity contribution in [3.63, 3.8) is 0 Å². The number of hydrogen-bond acceptors (Lipinski definition) is 4. The summed E-state index contributed by atoms with van der Waals surface area (Å²) in [5.74, 6) is 0.291. The number of nitrogen functional groups attached to an aromatic ring is 1. The van der Waals surface area contributed by atoms with E-state index >= 15 is 0 Å². The lowest BCUT2D eigenvalue weighted by Crippen LogP contribution is -2.07. The van der Waals surface area contributed by atoms with Gasteiger partial charge in [-0.3, -0.25) is 5.10 Å². The van der Waals surface area contributed by atoms with E-state index in [1.54, 1.807) is 0 Å². The highest BCUT2D eigenvalue weighted by molar-refractivity contribution is 6.32. The fraction of sp³-hybridized carbons (Fsp3) is 0.182. The molecule has 2 aromatic rings. The van der Waals surface area contributed by atoms with E-state index in [9.17, 15) is 13.2 Å². The second-order valence-electron chi connectivity index (χ2n) is 4.05. The molecule has 0 aliphatic carbocycles. The van der Waals surface area contributed by atoms with Gasteiger partial charge < -0.3 is 15.2 Å². The molecular formula is C11H7ClF3N3O2. The van der Waals surface area contributed by atoms with Crippen molar-refractivity contribution in [1.29, 1.82) is 0 Å². The van der Waals surface area contributed by atoms with Crippen LogP contribution in [0.4, 0.5) is 19.0 Å². The number of fused-ring (bicyclic) bond motifs is 1. The number of hydrogen-bond donors (Lipinski definition) is 2. The highest BCUT2D eigenvalue weighted by Gasteiger charge is 2.38. The average molecular weight is 306 g/mol. The number of aromatic nitrogens is 2. The number of rotatable bonds is 1. The molecule has 1 aliphatic rings. The summed E-state index contributed by atoms with van der Waals surface area (Å²) in [5.41, 5.74) is 4.36. The average Bonchev–Trinajstić information content (AvgIpc) is 2.93. The minimum atomic E-state index is -4.61. The molecule has 1 aromatic carbocycles. The van der Waals surface area contributed by atoms with E-state index in [2.05, 4.69) is 5.10 Å². The van der Waals surface area contributed by atoms with Crippen LogP contribution < -0.4 is 15.2 Å². The Morgan fingerprint density at radius 3 is 2.75 bits per heavy atom. The summed E-state index contributed by atoms with van der Waals surface area (Å²) in [4.78, 5) is 0. The highest BCUT2D eigenvalue weighted by Crippen LogP contribution is 2.45. The molecule has 0 unspecified atom stereocenters. The molecule has 0 saturated carbocycles. The molecule has 106 valence electrons. The summed E-state index contributed by atoms with van der Waals surface area (Å²) < 4.78 is 48.9. The molecule has 1 aromatic heterocycles. The smallest absolute Gasteiger partial charge is 0.433 e. The second-order valence-corrected chi connectivity index (χ2v) is 4.46. The van der Waals surface area contributed by atoms with Crippen LogP contribution in [-0.2, 0) is 6.18 Å². The van der Waals surface area contributed by atoms with E-state index in [1.807, 2.05) is 5.10 Å². The van der Waals surface area contributed by atoms with Gasteiger partial charge in [0.05, 0.1) is 10.6 Å². The summed E-state index contributed by atoms with van der Waals surface area (Å²) in [6.07, 6.45) is -4.61. The Labute approximate surface area is 115 Å². The second kappa shape index (κ2) is 4.20. The zero-order valence-electron chi connectivity index (χ0n) is 9.71. The Morgan fingerprint density at radius 1 is 1.30 bits per heavy atom. The molecule has 0 saturated heterocycles. The van der Waals surface area contributed by atoms with Crippen molar-refractivity contribution in [3.8, 4) is 22.6 Å². The molecule has 0 spiro atoms. The van der Waals surface area contributed by atoms with Crippen molar-refractivity contribution in [2.45, 2.75) is 6.18 Å². The maximum atomic E-state index is 12.9. The van der Waals surface area contributed by atoms with Gasteiger partial charge >= 0.3 is 6.18 Å². The molecule has 0 fully saturated rings. The first kappa shape index (κ1) is 12.9. The minimum absolute atomic E-state index is 0.0362. The van der Waals surface area contributed by atoms with Crippen LogP contribution in [0.25, 0.3) is 11.1 Å². The molecule has 1 aliphatic heterocycles. The number of benzene rings is 1. The number of anilines is 1. The quantitative estimate of drug-likeness (QED) is 0.849. The maximum Gasteiger partial charge on any atom is 0.433 e. The molecule has 0 radical (unpaired) electrons. The van der Waals surface area contributed by atoms with Crippen molar-refractivity contribution in [1.82, 2.24) is 10.2 Å². The normalized spacial score (nSPS) is 13.8. The molecule has 5 nitrogen and oxygen atoms in total. The Morgan fingerprint density at radius 2 is 2.05 bits per heavy atom. The number of halogens is 4. The number of nitrogens with one attached hydrogen (secondary N) is 1. The largest absolute Gasteiger partial charge is 0.454 e. The number of aromatic amines is 1. The number of nitrogens with zero attached hydrogens (tertiary/aromatic N) is 1. The van der Waals surface area contributed by atoms with Crippen molar-refractivity contribution >= 4 is 17.4 Å². The van der Waals surface area contributed by atoms with Crippen LogP contribution in [0.3, 0.4) is 0 Å². The summed E-state index contributed by atoms with van der Waals surface area (Å²) >= 11 is 5.95. The Kier molecular flexibility index (Phi) is 2.72. The van der Waals surface area contributed by atoms with Gasteiger partial charge in [-0.05, 0) is 17.7 Å². The third-order valence-electron chi connectivity index (χ3n) is 2.79. The molecule has 9 heteroatoms. The fourth-order valence-corrected chi connectivity index (χ4v) is 2.23. The van der Waals surface area contributed by atoms with Crippen molar-refractivity contribution < 1.29 is 22.6 Å². The van der Waals surface area contributed by atoms with Crippen molar-refractivity contribution in [2.75, 3.05) is 12.5 Å². The van der Waals surface area contributed by atoms with Crippen molar-refractivity contribution in [3.05, 3.63) is 22.8 Å². The van der Waals surface area contributed by atoms with Gasteiger partial charge in [0.2, 0.25) is 6.79 Å². The third kappa shape index (κ3) is 1.92. The standard InChI is InChI=1S/C11H7ClF3N3O2/c12-5-1-4(2-6-8(5)20-3-19-6)7-9(11(13,14)15)17-18-10(7)16/h1-2H,3H2,(H3,16,17,18). The minimum Gasteiger partial charge on any atom is -0.454 e. The zero-order chi connectivity index (χ0) is 14.5. The fourth-order valence-electron chi connectivity index (χ4n) is 1.97. The molecule has 3 rings (SSSR count). The van der Waals surface area contributed by atoms with Crippen LogP contribution in [0.1, 0.15) is 5.69 Å². The number of H-pyrrole nitrogens is 1. The Hall–Kier alpha value is -2.09. The van der Waals surface area contributed by atoms with Crippen molar-refractivity contribution in [2.24, 2.45) is 0 Å². The molecule has 2 heterocycles. The van der Waals surface area contributed by atoms with Crippen LogP contribution in [-0.4, -0.2) is 17.0 Å². The highest BCUT2D eigenvalue weighted by atomic mass is 35.5. The van der Waals surface area contributed by atoms with Gasteiger partial charge in [-0.1, -0.05) is 11.6 Å². The van der Waals surface area contributed by atoms with Crippen LogP contribution in [0.2, 0.25) is 5.02 Å². The van der Waals surface area contributed by atoms with E-state index in [4.69, 9.17) is 26.8 Å². The molecule has 3 N–H and O–H groups in total. The molecule has 0 atom stereocenters. The Balaban J connectivity index is 2.20. The van der Waals surface area contributed by atoms with Crippen LogP contribution >= 0.6 is 11.6 Å². The summed E-state index contributed by atoms with van der Waals surface area (Å²) in [7, 11) is 0. The van der Waals surface area contributed by atoms with Gasteiger partial charge in [-0.15, -0.1) is 0 Å². The lowest BCUT2D eigenvalue weighted by atomic mass is 10.0. The SMILES string of the molecule is Nc1n[nH]c(C(F)(F)F)c1-c1cc(Cl)c2c(c1)OCO2. The predicted molar refractivity (Wildman–Crippen MR) is 64.6 cm³/mol. The molecule has 0 amide bonds. The predicted octanol–water partition coefficient (Wildman–Crippen LogP) is 3.06. The molecular weight excluding hydrogens is 299 g/mol.